The number of ether oxygens (including phenoxy) is 1. The maximum atomic E-state index is 10.6. The van der Waals surface area contributed by atoms with Crippen LogP contribution in [0.2, 0.25) is 0 Å². The van der Waals surface area contributed by atoms with Crippen LogP contribution in [-0.2, 0) is 17.8 Å². The van der Waals surface area contributed by atoms with Gasteiger partial charge in [0, 0.05) is 12.1 Å². The number of hydrogen-bond donors (Lipinski definition) is 3. The van der Waals surface area contributed by atoms with E-state index in [1.807, 2.05) is 48.5 Å². The molecule has 0 atom stereocenters. The number of rotatable bonds is 8. The predicted molar refractivity (Wildman–Crippen MR) is 107 cm³/mol. The van der Waals surface area contributed by atoms with Crippen molar-refractivity contribution in [3.05, 3.63) is 83.4 Å². The molecule has 0 aromatic heterocycles. The van der Waals surface area contributed by atoms with Crippen LogP contribution >= 0.6 is 0 Å². The van der Waals surface area contributed by atoms with Gasteiger partial charge in [-0.15, -0.1) is 5.23 Å². The second-order valence-corrected chi connectivity index (χ2v) is 6.32. The quantitative estimate of drug-likeness (QED) is 0.410. The molecule has 144 valence electrons. The molecule has 0 unspecified atom stereocenters. The van der Waals surface area contributed by atoms with E-state index in [-0.39, 0.29) is 10.9 Å². The first-order valence-corrected chi connectivity index (χ1v) is 8.81. The number of methoxy groups -OCH3 is 1. The molecule has 6 nitrogen and oxygen atoms in total. The molecule has 3 N–H and O–H groups in total. The molecule has 0 heterocycles. The van der Waals surface area contributed by atoms with E-state index >= 15 is 0 Å². The van der Waals surface area contributed by atoms with Crippen molar-refractivity contribution in [3.8, 4) is 16.9 Å². The summed E-state index contributed by atoms with van der Waals surface area (Å²) in [6.45, 7) is 0.480. The smallest absolute Gasteiger partial charge is 0.207 e. The van der Waals surface area contributed by atoms with E-state index in [4.69, 9.17) is 4.74 Å². The predicted octanol–water partition coefficient (Wildman–Crippen LogP) is 3.78. The molecular weight excluding hydrogens is 356 g/mol. The first-order valence-electron chi connectivity index (χ1n) is 8.81. The zero-order valence-corrected chi connectivity index (χ0v) is 15.5. The third kappa shape index (κ3) is 4.49. The second kappa shape index (κ2) is 9.03. The maximum Gasteiger partial charge on any atom is 0.207 e. The molecule has 0 radical (unpaired) electrons. The lowest BCUT2D eigenvalue weighted by molar-refractivity contribution is -0.109. The molecule has 28 heavy (non-hydrogen) atoms. The number of nitrogens with zero attached hydrogens (tertiary/aromatic N) is 1. The molecule has 0 aliphatic heterocycles. The molecule has 3 aromatic carbocycles. The first-order chi connectivity index (χ1) is 13.6. The van der Waals surface area contributed by atoms with Crippen LogP contribution in [0, 0.1) is 0 Å². The average Bonchev–Trinajstić information content (AvgIpc) is 2.73. The van der Waals surface area contributed by atoms with Crippen molar-refractivity contribution in [3.63, 3.8) is 0 Å². The number of carbonyl (C=O) groups excluding carboxylic acids is 1. The second-order valence-electron chi connectivity index (χ2n) is 6.32. The van der Waals surface area contributed by atoms with Gasteiger partial charge in [0.05, 0.1) is 12.8 Å². The van der Waals surface area contributed by atoms with Gasteiger partial charge in [0.2, 0.25) is 6.41 Å². The molecule has 3 rings (SSSR count). The Balaban J connectivity index is 1.96. The van der Waals surface area contributed by atoms with Gasteiger partial charge < -0.3 is 10.1 Å². The van der Waals surface area contributed by atoms with Crippen LogP contribution in [0.25, 0.3) is 11.1 Å². The molecule has 0 aliphatic carbocycles. The van der Waals surface area contributed by atoms with Crippen molar-refractivity contribution in [2.45, 2.75) is 13.0 Å². The third-order valence-electron chi connectivity index (χ3n) is 4.54. The number of carbonyl (C=O) groups is 1. The maximum absolute atomic E-state index is 10.6. The molecule has 0 fully saturated rings. The van der Waals surface area contributed by atoms with Crippen molar-refractivity contribution in [2.75, 3.05) is 12.3 Å². The van der Waals surface area contributed by atoms with Gasteiger partial charge in [0.25, 0.3) is 0 Å². The highest BCUT2D eigenvalue weighted by Gasteiger charge is 2.11. The zero-order valence-electron chi connectivity index (χ0n) is 15.5. The molecule has 0 aliphatic rings. The largest absolute Gasteiger partial charge is 0.496 e. The van der Waals surface area contributed by atoms with Gasteiger partial charge in [-0.05, 0) is 52.9 Å². The summed E-state index contributed by atoms with van der Waals surface area (Å²) in [5.41, 5.74) is 5.18. The van der Waals surface area contributed by atoms with Crippen molar-refractivity contribution in [1.29, 1.82) is 0 Å². The number of anilines is 1. The van der Waals surface area contributed by atoms with Gasteiger partial charge in [0.15, 0.2) is 0 Å². The van der Waals surface area contributed by atoms with Gasteiger partial charge in [-0.25, -0.2) is 0 Å². The van der Waals surface area contributed by atoms with Crippen LogP contribution in [-0.4, -0.2) is 23.9 Å². The first kappa shape index (κ1) is 19.4. The Labute approximate surface area is 163 Å². The van der Waals surface area contributed by atoms with Crippen molar-refractivity contribution in [2.24, 2.45) is 0 Å². The van der Waals surface area contributed by atoms with E-state index in [2.05, 4.69) is 5.32 Å². The Morgan fingerprint density at radius 3 is 2.50 bits per heavy atom. The van der Waals surface area contributed by atoms with Crippen molar-refractivity contribution < 1.29 is 19.9 Å². The highest BCUT2D eigenvalue weighted by Crippen LogP contribution is 2.33. The van der Waals surface area contributed by atoms with Gasteiger partial charge in [-0.1, -0.05) is 42.5 Å². The van der Waals surface area contributed by atoms with Crippen LogP contribution in [0.3, 0.4) is 0 Å². The lowest BCUT2D eigenvalue weighted by Crippen LogP contribution is -2.11. The number of amides is 1. The summed E-state index contributed by atoms with van der Waals surface area (Å²) in [6, 6.07) is 20.8. The summed E-state index contributed by atoms with van der Waals surface area (Å²) in [5, 5.41) is 21.4. The molecule has 0 saturated carbocycles. The lowest BCUT2D eigenvalue weighted by Gasteiger charge is -2.14. The average molecular weight is 378 g/mol. The molecule has 0 spiro atoms. The molecule has 3 aromatic rings. The van der Waals surface area contributed by atoms with Gasteiger partial charge in [-0.3, -0.25) is 15.2 Å². The lowest BCUT2D eigenvalue weighted by atomic mass is 9.96. The van der Waals surface area contributed by atoms with Crippen molar-refractivity contribution >= 4 is 12.1 Å². The molecule has 0 saturated heterocycles. The summed E-state index contributed by atoms with van der Waals surface area (Å²) in [4.78, 5) is 10.6. The van der Waals surface area contributed by atoms with Gasteiger partial charge in [0.1, 0.15) is 5.75 Å². The Morgan fingerprint density at radius 1 is 1.00 bits per heavy atom. The molecule has 6 heteroatoms. The summed E-state index contributed by atoms with van der Waals surface area (Å²) in [7, 11) is 1.60. The molecular formula is C22H22N2O4. The summed E-state index contributed by atoms with van der Waals surface area (Å²) in [6.07, 6.45) is 1.39. The highest BCUT2D eigenvalue weighted by atomic mass is 16.8. The van der Waals surface area contributed by atoms with Crippen LogP contribution < -0.4 is 15.3 Å². The monoisotopic (exact) mass is 378 g/mol. The molecule has 1 amide bonds. The minimum Gasteiger partial charge on any atom is -0.496 e. The van der Waals surface area contributed by atoms with Crippen LogP contribution in [0.15, 0.2) is 66.7 Å². The third-order valence-corrected chi connectivity index (χ3v) is 4.54. The fraction of sp³-hybridized carbons (Fsp3) is 0.136. The number of benzene rings is 3. The Bertz CT molecular complexity index is 957. The zero-order chi connectivity index (χ0) is 19.9. The van der Waals surface area contributed by atoms with E-state index in [9.17, 15) is 15.2 Å². The van der Waals surface area contributed by atoms with E-state index < -0.39 is 0 Å². The summed E-state index contributed by atoms with van der Waals surface area (Å²) < 4.78 is 5.49. The summed E-state index contributed by atoms with van der Waals surface area (Å²) in [5.74, 6) is 0.694. The van der Waals surface area contributed by atoms with E-state index in [1.54, 1.807) is 25.3 Å². The highest BCUT2D eigenvalue weighted by molar-refractivity contribution is 5.74. The SMILES string of the molecule is COc1ccc(Cc2ccccc2CNC=O)cc1-c1cccc(N(O)O)c1. The van der Waals surface area contributed by atoms with E-state index in [1.165, 1.54) is 0 Å². The summed E-state index contributed by atoms with van der Waals surface area (Å²) >= 11 is 0. The van der Waals surface area contributed by atoms with Crippen LogP contribution in [0.4, 0.5) is 5.69 Å². The fourth-order valence-corrected chi connectivity index (χ4v) is 3.16. The Morgan fingerprint density at radius 2 is 1.79 bits per heavy atom. The Hall–Kier alpha value is -3.35. The normalized spacial score (nSPS) is 10.4. The minimum absolute atomic E-state index is 0.0934. The topological polar surface area (TPSA) is 82.0 Å². The minimum atomic E-state index is 0.0934. The standard InChI is InChI=1S/C22H22N2O4/c1-28-22-10-9-16(11-17-5-2-3-6-19(17)14-23-15-25)12-21(22)18-7-4-8-20(13-18)24(26)27/h2-10,12-13,15,26-27H,11,14H2,1H3,(H,23,25). The number of nitrogens with one attached hydrogen (secondary N) is 1. The van der Waals surface area contributed by atoms with E-state index in [0.717, 1.165) is 27.8 Å². The number of hydrogen-bond acceptors (Lipinski definition) is 5. The van der Waals surface area contributed by atoms with Gasteiger partial charge >= 0.3 is 0 Å². The fourth-order valence-electron chi connectivity index (χ4n) is 3.16. The van der Waals surface area contributed by atoms with Gasteiger partial charge in [-0.2, -0.15) is 0 Å². The molecule has 0 bridgehead atoms. The Kier molecular flexibility index (Phi) is 6.26. The van der Waals surface area contributed by atoms with Crippen LogP contribution in [0.5, 0.6) is 5.75 Å². The van der Waals surface area contributed by atoms with Crippen molar-refractivity contribution in [1.82, 2.24) is 5.32 Å². The van der Waals surface area contributed by atoms with E-state index in [0.29, 0.717) is 25.1 Å². The van der Waals surface area contributed by atoms with Crippen LogP contribution in [0.1, 0.15) is 16.7 Å².